The topological polar surface area (TPSA) is 86.2 Å². The Balaban J connectivity index is 1.32. The Hall–Kier alpha value is -4.33. The average molecular weight is 598 g/mol. The van der Waals surface area contributed by atoms with Crippen LogP contribution < -0.4 is 14.8 Å². The van der Waals surface area contributed by atoms with Crippen LogP contribution in [-0.4, -0.2) is 44.7 Å². The van der Waals surface area contributed by atoms with E-state index >= 15 is 0 Å². The lowest BCUT2D eigenvalue weighted by atomic mass is 9.80. The van der Waals surface area contributed by atoms with E-state index in [1.165, 1.54) is 0 Å². The van der Waals surface area contributed by atoms with Gasteiger partial charge in [0, 0.05) is 6.54 Å². The normalized spacial score (nSPS) is 11.9. The van der Waals surface area contributed by atoms with Crippen LogP contribution in [0.5, 0.6) is 11.5 Å². The number of hydrogen-bond donors (Lipinski definition) is 2. The van der Waals surface area contributed by atoms with E-state index in [4.69, 9.17) is 18.9 Å². The third-order valence-corrected chi connectivity index (χ3v) is 7.64. The highest BCUT2D eigenvalue weighted by Gasteiger charge is 2.37. The van der Waals surface area contributed by atoms with E-state index in [-0.39, 0.29) is 6.61 Å². The van der Waals surface area contributed by atoms with Crippen molar-refractivity contribution in [2.45, 2.75) is 50.4 Å². The Labute approximate surface area is 260 Å². The zero-order valence-electron chi connectivity index (χ0n) is 25.6. The number of amides is 1. The first-order valence-corrected chi connectivity index (χ1v) is 15.2. The van der Waals surface area contributed by atoms with E-state index in [1.807, 2.05) is 97.1 Å². The first-order chi connectivity index (χ1) is 21.5. The number of aliphatic hydroxyl groups excluding tert-OH is 1. The van der Waals surface area contributed by atoms with Crippen LogP contribution >= 0.6 is 0 Å². The van der Waals surface area contributed by atoms with Gasteiger partial charge >= 0.3 is 6.09 Å². The minimum atomic E-state index is -0.902. The molecule has 0 aromatic heterocycles. The second-order valence-electron chi connectivity index (χ2n) is 10.6. The second-order valence-corrected chi connectivity index (χ2v) is 10.6. The number of ether oxygens (including phenoxy) is 4. The lowest BCUT2D eigenvalue weighted by molar-refractivity contribution is -0.00664. The van der Waals surface area contributed by atoms with Gasteiger partial charge in [0.2, 0.25) is 0 Å². The monoisotopic (exact) mass is 597 g/mol. The lowest BCUT2D eigenvalue weighted by Crippen LogP contribution is -2.34. The quantitative estimate of drug-likeness (QED) is 0.0985. The Bertz CT molecular complexity index is 1330. The standard InChI is InChI=1S/C37H43NO6/c1-41-34-21-17-31(18-22-34)37(30-14-8-4-9-15-30,32-19-23-35(42-2)24-20-32)44-27-25-33(39)16-10-5-11-26-38-36(40)43-28-29-12-6-3-7-13-29/h3-4,6-9,12-15,17-24,33,39H,5,10-11,16,25-28H2,1-2H3,(H,38,40). The van der Waals surface area contributed by atoms with Crippen LogP contribution in [0.25, 0.3) is 0 Å². The average Bonchev–Trinajstić information content (AvgIpc) is 3.08. The number of carbonyl (C=O) groups is 1. The molecule has 7 heteroatoms. The third kappa shape index (κ3) is 9.09. The van der Waals surface area contributed by atoms with Gasteiger partial charge in [-0.15, -0.1) is 0 Å². The molecule has 0 heterocycles. The lowest BCUT2D eigenvalue weighted by Gasteiger charge is -2.36. The van der Waals surface area contributed by atoms with Crippen molar-refractivity contribution >= 4 is 6.09 Å². The Morgan fingerprint density at radius 3 is 1.82 bits per heavy atom. The van der Waals surface area contributed by atoms with Crippen molar-refractivity contribution in [1.29, 1.82) is 0 Å². The molecular formula is C37H43NO6. The molecular weight excluding hydrogens is 554 g/mol. The number of methoxy groups -OCH3 is 2. The van der Waals surface area contributed by atoms with Crippen molar-refractivity contribution < 1.29 is 28.8 Å². The first-order valence-electron chi connectivity index (χ1n) is 15.2. The fourth-order valence-electron chi connectivity index (χ4n) is 5.21. The number of unbranched alkanes of at least 4 members (excludes halogenated alkanes) is 2. The first kappa shape index (κ1) is 32.6. The van der Waals surface area contributed by atoms with Crippen LogP contribution in [0, 0.1) is 0 Å². The number of carbonyl (C=O) groups excluding carboxylic acids is 1. The fourth-order valence-corrected chi connectivity index (χ4v) is 5.21. The van der Waals surface area contributed by atoms with Gasteiger partial charge in [0.1, 0.15) is 23.7 Å². The largest absolute Gasteiger partial charge is 0.497 e. The highest BCUT2D eigenvalue weighted by Crippen LogP contribution is 2.41. The van der Waals surface area contributed by atoms with Gasteiger partial charge in [-0.05, 0) is 65.8 Å². The minimum Gasteiger partial charge on any atom is -0.497 e. The summed E-state index contributed by atoms with van der Waals surface area (Å²) in [5, 5.41) is 13.6. The summed E-state index contributed by atoms with van der Waals surface area (Å²) in [6.45, 7) is 1.14. The number of hydrogen-bond acceptors (Lipinski definition) is 6. The van der Waals surface area contributed by atoms with Crippen molar-refractivity contribution in [2.75, 3.05) is 27.4 Å². The van der Waals surface area contributed by atoms with Crippen LogP contribution in [0.4, 0.5) is 4.79 Å². The van der Waals surface area contributed by atoms with Gasteiger partial charge in [-0.25, -0.2) is 4.79 Å². The van der Waals surface area contributed by atoms with E-state index < -0.39 is 17.8 Å². The summed E-state index contributed by atoms with van der Waals surface area (Å²) in [4.78, 5) is 11.9. The summed E-state index contributed by atoms with van der Waals surface area (Å²) in [6, 6.07) is 35.6. The van der Waals surface area contributed by atoms with E-state index in [1.54, 1.807) is 14.2 Å². The number of aliphatic hydroxyl groups is 1. The molecule has 0 saturated heterocycles. The predicted octanol–water partition coefficient (Wildman–Crippen LogP) is 7.25. The molecule has 4 aromatic rings. The fraction of sp³-hybridized carbons (Fsp3) is 0.324. The van der Waals surface area contributed by atoms with Crippen LogP contribution in [0.3, 0.4) is 0 Å². The van der Waals surface area contributed by atoms with Gasteiger partial charge in [-0.2, -0.15) is 0 Å². The maximum Gasteiger partial charge on any atom is 0.407 e. The van der Waals surface area contributed by atoms with Gasteiger partial charge in [-0.1, -0.05) is 97.8 Å². The third-order valence-electron chi connectivity index (χ3n) is 7.64. The van der Waals surface area contributed by atoms with Crippen molar-refractivity contribution in [3.63, 3.8) is 0 Å². The molecule has 1 atom stereocenters. The summed E-state index contributed by atoms with van der Waals surface area (Å²) in [5.41, 5.74) is 2.95. The number of benzene rings is 4. The Kier molecular flexibility index (Phi) is 12.7. The molecule has 0 spiro atoms. The maximum atomic E-state index is 11.9. The molecule has 0 fully saturated rings. The molecule has 0 aliphatic heterocycles. The maximum absolute atomic E-state index is 11.9. The summed E-state index contributed by atoms with van der Waals surface area (Å²) in [6.07, 6.45) is 2.79. The number of nitrogens with one attached hydrogen (secondary N) is 1. The van der Waals surface area contributed by atoms with Gasteiger partial charge in [0.05, 0.1) is 26.9 Å². The summed E-state index contributed by atoms with van der Waals surface area (Å²) >= 11 is 0. The zero-order chi connectivity index (χ0) is 31.0. The molecule has 2 N–H and O–H groups in total. The molecule has 7 nitrogen and oxygen atoms in total. The molecule has 0 saturated carbocycles. The summed E-state index contributed by atoms with van der Waals surface area (Å²) in [7, 11) is 3.30. The Morgan fingerprint density at radius 1 is 0.705 bits per heavy atom. The van der Waals surface area contributed by atoms with Crippen molar-refractivity contribution in [3.8, 4) is 11.5 Å². The molecule has 0 aliphatic carbocycles. The van der Waals surface area contributed by atoms with Gasteiger partial charge < -0.3 is 29.4 Å². The van der Waals surface area contributed by atoms with Gasteiger partial charge in [0.15, 0.2) is 0 Å². The molecule has 0 radical (unpaired) electrons. The summed E-state index contributed by atoms with van der Waals surface area (Å²) < 4.78 is 22.9. The summed E-state index contributed by atoms with van der Waals surface area (Å²) in [5.74, 6) is 1.53. The van der Waals surface area contributed by atoms with Gasteiger partial charge in [-0.3, -0.25) is 0 Å². The molecule has 1 unspecified atom stereocenters. The van der Waals surface area contributed by atoms with Crippen LogP contribution in [0.15, 0.2) is 109 Å². The second kappa shape index (κ2) is 17.1. The smallest absolute Gasteiger partial charge is 0.407 e. The highest BCUT2D eigenvalue weighted by atomic mass is 16.5. The number of alkyl carbamates (subject to hydrolysis) is 1. The van der Waals surface area contributed by atoms with E-state index in [0.717, 1.165) is 53.0 Å². The van der Waals surface area contributed by atoms with Crippen LogP contribution in [0.2, 0.25) is 0 Å². The minimum absolute atomic E-state index is 0.253. The molecule has 0 aliphatic rings. The predicted molar refractivity (Wildman–Crippen MR) is 172 cm³/mol. The molecule has 44 heavy (non-hydrogen) atoms. The highest BCUT2D eigenvalue weighted by molar-refractivity contribution is 5.67. The molecule has 4 rings (SSSR count). The number of rotatable bonds is 17. The molecule has 4 aromatic carbocycles. The Morgan fingerprint density at radius 2 is 1.25 bits per heavy atom. The van der Waals surface area contributed by atoms with Gasteiger partial charge in [0.25, 0.3) is 0 Å². The van der Waals surface area contributed by atoms with Crippen molar-refractivity contribution in [1.82, 2.24) is 5.32 Å². The van der Waals surface area contributed by atoms with Crippen molar-refractivity contribution in [3.05, 3.63) is 131 Å². The van der Waals surface area contributed by atoms with Crippen molar-refractivity contribution in [2.24, 2.45) is 0 Å². The SMILES string of the molecule is COc1ccc(C(OCCC(O)CCCCCNC(=O)OCc2ccccc2)(c2ccccc2)c2ccc(OC)cc2)cc1. The van der Waals surface area contributed by atoms with Crippen LogP contribution in [0.1, 0.15) is 54.4 Å². The van der Waals surface area contributed by atoms with Crippen LogP contribution in [-0.2, 0) is 21.7 Å². The molecule has 232 valence electrons. The van der Waals surface area contributed by atoms with E-state index in [2.05, 4.69) is 17.4 Å². The zero-order valence-corrected chi connectivity index (χ0v) is 25.6. The molecule has 1 amide bonds. The van der Waals surface area contributed by atoms with E-state index in [0.29, 0.717) is 26.0 Å². The molecule has 0 bridgehead atoms. The van der Waals surface area contributed by atoms with E-state index in [9.17, 15) is 9.90 Å².